The van der Waals surface area contributed by atoms with E-state index in [1.165, 1.54) is 0 Å². The van der Waals surface area contributed by atoms with Crippen LogP contribution in [0.1, 0.15) is 19.7 Å². The van der Waals surface area contributed by atoms with Crippen molar-refractivity contribution in [3.63, 3.8) is 0 Å². The molecular formula is C22H30N4O5. The van der Waals surface area contributed by atoms with Gasteiger partial charge in [0.25, 0.3) is 5.91 Å². The van der Waals surface area contributed by atoms with Crippen LogP contribution in [-0.4, -0.2) is 68.0 Å². The molecule has 2 heterocycles. The van der Waals surface area contributed by atoms with Gasteiger partial charge in [0.1, 0.15) is 29.7 Å². The molecule has 1 fully saturated rings. The number of ether oxygens (including phenoxy) is 4. The molecule has 0 radical (unpaired) electrons. The van der Waals surface area contributed by atoms with E-state index in [0.717, 1.165) is 24.7 Å². The Hall–Kier alpha value is -3.07. The molecular weight excluding hydrogens is 400 g/mol. The molecule has 1 atom stereocenters. The topological polar surface area (TPSA) is 95.0 Å². The van der Waals surface area contributed by atoms with Gasteiger partial charge in [-0.25, -0.2) is 4.98 Å². The molecule has 31 heavy (non-hydrogen) atoms. The van der Waals surface area contributed by atoms with Crippen molar-refractivity contribution in [3.05, 3.63) is 36.2 Å². The number of anilines is 1. The van der Waals surface area contributed by atoms with Gasteiger partial charge in [0.15, 0.2) is 6.10 Å². The predicted molar refractivity (Wildman–Crippen MR) is 116 cm³/mol. The Morgan fingerprint density at radius 2 is 1.87 bits per heavy atom. The number of hydrogen-bond acceptors (Lipinski definition) is 8. The van der Waals surface area contributed by atoms with Gasteiger partial charge >= 0.3 is 0 Å². The smallest absolute Gasteiger partial charge is 0.260 e. The summed E-state index contributed by atoms with van der Waals surface area (Å²) < 4.78 is 22.2. The highest BCUT2D eigenvalue weighted by Gasteiger charge is 2.16. The summed E-state index contributed by atoms with van der Waals surface area (Å²) in [5, 5.41) is 2.81. The number of carbonyl (C=O) groups is 1. The number of rotatable bonds is 10. The van der Waals surface area contributed by atoms with Crippen LogP contribution in [0.5, 0.6) is 17.4 Å². The molecule has 168 valence electrons. The molecule has 1 aromatic heterocycles. The first-order chi connectivity index (χ1) is 15.0. The van der Waals surface area contributed by atoms with Gasteiger partial charge in [-0.2, -0.15) is 4.98 Å². The maximum atomic E-state index is 12.3. The summed E-state index contributed by atoms with van der Waals surface area (Å²) in [6, 6.07) is 9.00. The molecule has 9 nitrogen and oxygen atoms in total. The lowest BCUT2D eigenvalue weighted by Crippen LogP contribution is -2.38. The average molecular weight is 431 g/mol. The number of aromatic nitrogens is 2. The van der Waals surface area contributed by atoms with Crippen LogP contribution < -0.4 is 24.4 Å². The zero-order valence-corrected chi connectivity index (χ0v) is 18.3. The minimum absolute atomic E-state index is 0.217. The van der Waals surface area contributed by atoms with Crippen LogP contribution in [0, 0.1) is 6.92 Å². The predicted octanol–water partition coefficient (Wildman–Crippen LogP) is 1.98. The van der Waals surface area contributed by atoms with E-state index in [1.54, 1.807) is 19.1 Å². The van der Waals surface area contributed by atoms with Crippen LogP contribution in [0.15, 0.2) is 30.3 Å². The summed E-state index contributed by atoms with van der Waals surface area (Å²) in [6.45, 7) is 9.64. The van der Waals surface area contributed by atoms with E-state index < -0.39 is 6.10 Å². The van der Waals surface area contributed by atoms with Gasteiger partial charge in [0.05, 0.1) is 26.4 Å². The van der Waals surface area contributed by atoms with Crippen LogP contribution in [0.3, 0.4) is 0 Å². The minimum Gasteiger partial charge on any atom is -0.494 e. The quantitative estimate of drug-likeness (QED) is 0.572. The highest BCUT2D eigenvalue weighted by Crippen LogP contribution is 2.19. The van der Waals surface area contributed by atoms with Gasteiger partial charge in [-0.15, -0.1) is 0 Å². The van der Waals surface area contributed by atoms with Crippen molar-refractivity contribution >= 4 is 11.7 Å². The number of aryl methyl sites for hydroxylation is 1. The van der Waals surface area contributed by atoms with E-state index >= 15 is 0 Å². The monoisotopic (exact) mass is 430 g/mol. The second kappa shape index (κ2) is 11.4. The van der Waals surface area contributed by atoms with E-state index in [-0.39, 0.29) is 5.91 Å². The van der Waals surface area contributed by atoms with E-state index in [2.05, 4.69) is 20.2 Å². The molecule has 2 aromatic rings. The van der Waals surface area contributed by atoms with Crippen molar-refractivity contribution in [2.24, 2.45) is 0 Å². The first kappa shape index (κ1) is 22.6. The third kappa shape index (κ3) is 6.99. The van der Waals surface area contributed by atoms with Crippen LogP contribution in [0.4, 0.5) is 5.82 Å². The lowest BCUT2D eigenvalue weighted by molar-refractivity contribution is -0.127. The summed E-state index contributed by atoms with van der Waals surface area (Å²) in [5.74, 6) is 3.11. The molecule has 1 aliphatic rings. The van der Waals surface area contributed by atoms with E-state index in [0.29, 0.717) is 50.4 Å². The van der Waals surface area contributed by atoms with Gasteiger partial charge in [-0.1, -0.05) is 0 Å². The molecule has 1 aromatic carbocycles. The third-order valence-corrected chi connectivity index (χ3v) is 4.60. The fourth-order valence-corrected chi connectivity index (χ4v) is 3.07. The largest absolute Gasteiger partial charge is 0.494 e. The molecule has 1 N–H and O–H groups in total. The van der Waals surface area contributed by atoms with Gasteiger partial charge in [0.2, 0.25) is 5.88 Å². The summed E-state index contributed by atoms with van der Waals surface area (Å²) >= 11 is 0. The first-order valence-electron chi connectivity index (χ1n) is 10.5. The van der Waals surface area contributed by atoms with Crippen molar-refractivity contribution in [2.45, 2.75) is 26.9 Å². The number of carbonyl (C=O) groups excluding carboxylic acids is 1. The van der Waals surface area contributed by atoms with E-state index in [4.69, 9.17) is 18.9 Å². The molecule has 9 heteroatoms. The molecule has 0 saturated carbocycles. The number of nitrogens with zero attached hydrogens (tertiary/aromatic N) is 3. The number of amides is 1. The normalized spacial score (nSPS) is 14.6. The Balaban J connectivity index is 1.42. The maximum Gasteiger partial charge on any atom is 0.260 e. The molecule has 1 amide bonds. The van der Waals surface area contributed by atoms with Gasteiger partial charge in [-0.3, -0.25) is 4.79 Å². The zero-order chi connectivity index (χ0) is 22.1. The summed E-state index contributed by atoms with van der Waals surface area (Å²) in [6.07, 6.45) is -0.632. The maximum absolute atomic E-state index is 12.3. The highest BCUT2D eigenvalue weighted by atomic mass is 16.5. The second-order valence-electron chi connectivity index (χ2n) is 7.02. The summed E-state index contributed by atoms with van der Waals surface area (Å²) in [7, 11) is 0. The van der Waals surface area contributed by atoms with Crippen LogP contribution in [0.2, 0.25) is 0 Å². The molecule has 3 rings (SSSR count). The van der Waals surface area contributed by atoms with Gasteiger partial charge in [-0.05, 0) is 45.0 Å². The van der Waals surface area contributed by atoms with Gasteiger partial charge in [0, 0.05) is 19.2 Å². The lowest BCUT2D eigenvalue weighted by atomic mass is 10.3. The first-order valence-corrected chi connectivity index (χ1v) is 10.5. The summed E-state index contributed by atoms with van der Waals surface area (Å²) in [4.78, 5) is 23.2. The average Bonchev–Trinajstić information content (AvgIpc) is 2.78. The number of nitrogens with one attached hydrogen (secondary N) is 1. The Morgan fingerprint density at radius 3 is 2.58 bits per heavy atom. The standard InChI is InChI=1S/C22H30N4O5/c1-4-29-18-5-7-19(8-6-18)31-16(2)22(27)23-9-12-30-21-15-20(24-17(3)25-21)26-10-13-28-14-11-26/h5-8,15-16H,4,9-14H2,1-3H3,(H,23,27). The van der Waals surface area contributed by atoms with Crippen LogP contribution >= 0.6 is 0 Å². The van der Waals surface area contributed by atoms with Crippen molar-refractivity contribution < 1.29 is 23.7 Å². The molecule has 0 aliphatic carbocycles. The molecule has 1 saturated heterocycles. The van der Waals surface area contributed by atoms with Crippen molar-refractivity contribution in [1.82, 2.24) is 15.3 Å². The van der Waals surface area contributed by atoms with E-state index in [9.17, 15) is 4.79 Å². The second-order valence-corrected chi connectivity index (χ2v) is 7.02. The van der Waals surface area contributed by atoms with Crippen LogP contribution in [-0.2, 0) is 9.53 Å². The molecule has 1 aliphatic heterocycles. The summed E-state index contributed by atoms with van der Waals surface area (Å²) in [5.41, 5.74) is 0. The fourth-order valence-electron chi connectivity index (χ4n) is 3.07. The zero-order valence-electron chi connectivity index (χ0n) is 18.3. The number of benzene rings is 1. The van der Waals surface area contributed by atoms with Crippen molar-refractivity contribution in [2.75, 3.05) is 51.0 Å². The number of morpholine rings is 1. The Labute approximate surface area is 182 Å². The lowest BCUT2D eigenvalue weighted by Gasteiger charge is -2.28. The van der Waals surface area contributed by atoms with Crippen molar-refractivity contribution in [1.29, 1.82) is 0 Å². The van der Waals surface area contributed by atoms with Crippen LogP contribution in [0.25, 0.3) is 0 Å². The van der Waals surface area contributed by atoms with Crippen molar-refractivity contribution in [3.8, 4) is 17.4 Å². The minimum atomic E-state index is -0.632. The molecule has 1 unspecified atom stereocenters. The Bertz CT molecular complexity index is 840. The Kier molecular flexibility index (Phi) is 8.28. The molecule has 0 bridgehead atoms. The number of hydrogen-bond donors (Lipinski definition) is 1. The Morgan fingerprint density at radius 1 is 1.16 bits per heavy atom. The molecule has 0 spiro atoms. The SMILES string of the molecule is CCOc1ccc(OC(C)C(=O)NCCOc2cc(N3CCOCC3)nc(C)n2)cc1. The third-order valence-electron chi connectivity index (χ3n) is 4.60. The highest BCUT2D eigenvalue weighted by molar-refractivity contribution is 5.80. The fraction of sp³-hybridized carbons (Fsp3) is 0.500. The van der Waals surface area contributed by atoms with E-state index in [1.807, 2.05) is 32.0 Å². The van der Waals surface area contributed by atoms with Gasteiger partial charge < -0.3 is 29.2 Å².